The fourth-order valence-corrected chi connectivity index (χ4v) is 0. The van der Waals surface area contributed by atoms with Crippen molar-refractivity contribution in [2.75, 3.05) is 0 Å². The van der Waals surface area contributed by atoms with Gasteiger partial charge in [0.05, 0.1) is 7.85 Å². The maximum absolute atomic E-state index is 4.50. The van der Waals surface area contributed by atoms with Crippen molar-refractivity contribution < 1.29 is 11.0 Å². The molecular weight excluding hydrogens is 54.8 g/mol. The van der Waals surface area contributed by atoms with Gasteiger partial charge in [0.25, 0.3) is 0 Å². The van der Waals surface area contributed by atoms with Crippen molar-refractivity contribution in [2.45, 2.75) is 6.82 Å². The maximum atomic E-state index is 4.50. The van der Waals surface area contributed by atoms with Crippen molar-refractivity contribution in [1.29, 1.82) is 0 Å². The average molecular weight is 61.9 g/mol. The molecule has 4 N–H and O–H groups in total. The second-order valence-corrected chi connectivity index (χ2v) is 0. The Hall–Kier alpha value is -0.0151. The standard InChI is InChI=1S/CH3B.2H2O/c1-2;;/h1H3;2*1H2. The van der Waals surface area contributed by atoms with Crippen molar-refractivity contribution in [2.24, 2.45) is 0 Å². The van der Waals surface area contributed by atoms with Gasteiger partial charge in [-0.2, -0.15) is 0 Å². The van der Waals surface area contributed by atoms with E-state index < -0.39 is 0 Å². The molecule has 0 fully saturated rings. The van der Waals surface area contributed by atoms with Gasteiger partial charge in [-0.15, -0.1) is 0 Å². The Morgan fingerprint density at radius 1 is 1.00 bits per heavy atom. The zero-order chi connectivity index (χ0) is 2.00. The van der Waals surface area contributed by atoms with E-state index in [1.807, 2.05) is 0 Å². The quantitative estimate of drug-likeness (QED) is 0.308. The average Bonchev–Trinajstić information content (AvgIpc) is 1.00. The molecule has 0 aromatic rings. The second kappa shape index (κ2) is 51800. The zero-order valence-electron chi connectivity index (χ0n) is 2.58. The third kappa shape index (κ3) is 8480. The maximum Gasteiger partial charge on any atom is 0.0606 e. The van der Waals surface area contributed by atoms with Crippen LogP contribution in [0.25, 0.3) is 0 Å². The molecule has 0 bridgehead atoms. The molecule has 0 saturated carbocycles. The van der Waals surface area contributed by atoms with E-state index in [0.717, 1.165) is 0 Å². The zero-order valence-corrected chi connectivity index (χ0v) is 2.58. The normalized spacial score (nSPS) is 1.25. The summed E-state index contributed by atoms with van der Waals surface area (Å²) in [5.74, 6) is 0. The van der Waals surface area contributed by atoms with Crippen LogP contribution in [0.15, 0.2) is 0 Å². The predicted octanol–water partition coefficient (Wildman–Crippen LogP) is -1.45. The van der Waals surface area contributed by atoms with E-state index in [2.05, 4.69) is 7.85 Å². The van der Waals surface area contributed by atoms with Crippen molar-refractivity contribution in [1.82, 2.24) is 0 Å². The Morgan fingerprint density at radius 3 is 1.00 bits per heavy atom. The molecular formula is CH7BO2. The van der Waals surface area contributed by atoms with E-state index in [0.29, 0.717) is 0 Å². The fourth-order valence-electron chi connectivity index (χ4n) is 0. The molecule has 0 aliphatic heterocycles. The molecule has 0 unspecified atom stereocenters. The minimum atomic E-state index is 0. The summed E-state index contributed by atoms with van der Waals surface area (Å²) in [6.45, 7) is 1.50. The van der Waals surface area contributed by atoms with Crippen LogP contribution in [0.4, 0.5) is 0 Å². The summed E-state index contributed by atoms with van der Waals surface area (Å²) in [5.41, 5.74) is 0. The third-order valence-corrected chi connectivity index (χ3v) is 0. The molecule has 0 amide bonds. The van der Waals surface area contributed by atoms with Crippen LogP contribution in [0.1, 0.15) is 0 Å². The van der Waals surface area contributed by atoms with E-state index in [9.17, 15) is 0 Å². The van der Waals surface area contributed by atoms with Crippen molar-refractivity contribution in [3.63, 3.8) is 0 Å². The highest BCUT2D eigenvalue weighted by molar-refractivity contribution is 6.05. The largest absolute Gasteiger partial charge is 0.412 e. The summed E-state index contributed by atoms with van der Waals surface area (Å²) in [4.78, 5) is 0. The Labute approximate surface area is 26.9 Å². The molecule has 0 rings (SSSR count). The lowest BCUT2D eigenvalue weighted by molar-refractivity contribution is 0.823. The summed E-state index contributed by atoms with van der Waals surface area (Å²) in [7, 11) is 4.50. The van der Waals surface area contributed by atoms with Gasteiger partial charge in [-0.05, 0) is 0 Å². The summed E-state index contributed by atoms with van der Waals surface area (Å²) < 4.78 is 0. The molecule has 0 aromatic heterocycles. The molecule has 0 aliphatic carbocycles. The van der Waals surface area contributed by atoms with Gasteiger partial charge in [0.1, 0.15) is 0 Å². The first kappa shape index (κ1) is 36.6. The van der Waals surface area contributed by atoms with Crippen LogP contribution < -0.4 is 0 Å². The highest BCUT2D eigenvalue weighted by atomic mass is 16.0. The van der Waals surface area contributed by atoms with Gasteiger partial charge in [-0.25, -0.2) is 0 Å². The summed E-state index contributed by atoms with van der Waals surface area (Å²) in [6.07, 6.45) is 0. The Balaban J connectivity index is -0.00000000500. The molecule has 0 saturated heterocycles. The molecule has 4 heavy (non-hydrogen) atoms. The smallest absolute Gasteiger partial charge is 0.0606 e. The van der Waals surface area contributed by atoms with Crippen LogP contribution in [-0.4, -0.2) is 18.8 Å². The lowest BCUT2D eigenvalue weighted by atomic mass is 10.2. The van der Waals surface area contributed by atoms with E-state index in [1.165, 1.54) is 6.82 Å². The molecule has 0 aliphatic rings. The Morgan fingerprint density at radius 2 is 1.00 bits per heavy atom. The van der Waals surface area contributed by atoms with Crippen LogP contribution in [0.5, 0.6) is 0 Å². The molecule has 0 heterocycles. The van der Waals surface area contributed by atoms with E-state index in [-0.39, 0.29) is 11.0 Å². The first-order chi connectivity index (χ1) is 1.00. The molecule has 0 atom stereocenters. The predicted molar refractivity (Wildman–Crippen MR) is 18.8 cm³/mol. The first-order valence-corrected chi connectivity index (χ1v) is 0.577. The molecule has 26 valence electrons. The highest BCUT2D eigenvalue weighted by Gasteiger charge is 0.984. The monoisotopic (exact) mass is 62.1 g/mol. The summed E-state index contributed by atoms with van der Waals surface area (Å²) in [6, 6.07) is 0. The topological polar surface area (TPSA) is 63.0 Å². The third-order valence-electron chi connectivity index (χ3n) is 0. The van der Waals surface area contributed by atoms with Gasteiger partial charge >= 0.3 is 0 Å². The van der Waals surface area contributed by atoms with Gasteiger partial charge in [-0.3, -0.25) is 0 Å². The van der Waals surface area contributed by atoms with Crippen molar-refractivity contribution in [3.8, 4) is 0 Å². The minimum absolute atomic E-state index is 0. The highest BCUT2D eigenvalue weighted by Crippen LogP contribution is 0.960. The number of hydrogen-bond donors (Lipinski definition) is 0. The molecule has 2 radical (unpaired) electrons. The fraction of sp³-hybridized carbons (Fsp3) is 1.00. The van der Waals surface area contributed by atoms with E-state index >= 15 is 0 Å². The molecule has 0 spiro atoms. The Bertz CT molecular complexity index is 6.00. The number of hydrogen-bond acceptors (Lipinski definition) is 0. The number of rotatable bonds is 0. The summed E-state index contributed by atoms with van der Waals surface area (Å²) >= 11 is 0. The van der Waals surface area contributed by atoms with Gasteiger partial charge < -0.3 is 11.0 Å². The molecule has 0 aromatic carbocycles. The second-order valence-electron chi connectivity index (χ2n) is 0. The Kier molecular flexibility index (Phi) is 474000. The summed E-state index contributed by atoms with van der Waals surface area (Å²) in [5, 5.41) is 0. The van der Waals surface area contributed by atoms with Gasteiger partial charge in [-0.1, -0.05) is 6.82 Å². The van der Waals surface area contributed by atoms with Crippen molar-refractivity contribution >= 4 is 7.85 Å². The van der Waals surface area contributed by atoms with Gasteiger partial charge in [0, 0.05) is 0 Å². The molecule has 3 heteroatoms. The van der Waals surface area contributed by atoms with Crippen LogP contribution in [0.3, 0.4) is 0 Å². The molecule has 2 nitrogen and oxygen atoms in total. The van der Waals surface area contributed by atoms with Gasteiger partial charge in [0.15, 0.2) is 0 Å². The van der Waals surface area contributed by atoms with Gasteiger partial charge in [0.2, 0.25) is 0 Å². The SMILES string of the molecule is O.O.[B]C. The van der Waals surface area contributed by atoms with Crippen LogP contribution in [0.2, 0.25) is 6.82 Å². The lowest BCUT2D eigenvalue weighted by Gasteiger charge is -1.02. The van der Waals surface area contributed by atoms with Crippen molar-refractivity contribution in [3.05, 3.63) is 0 Å². The van der Waals surface area contributed by atoms with Crippen LogP contribution in [0, 0.1) is 0 Å². The van der Waals surface area contributed by atoms with E-state index in [1.54, 1.807) is 0 Å². The van der Waals surface area contributed by atoms with Crippen LogP contribution in [-0.2, 0) is 0 Å². The first-order valence-electron chi connectivity index (χ1n) is 0.577. The van der Waals surface area contributed by atoms with E-state index in [4.69, 9.17) is 0 Å². The van der Waals surface area contributed by atoms with Crippen LogP contribution >= 0.6 is 0 Å². The lowest BCUT2D eigenvalue weighted by Crippen LogP contribution is -1.13. The minimum Gasteiger partial charge on any atom is -0.412 e.